The molecule has 83 valence electrons. The minimum absolute atomic E-state index is 0.569. The summed E-state index contributed by atoms with van der Waals surface area (Å²) in [5, 5.41) is 0.869. The lowest BCUT2D eigenvalue weighted by Gasteiger charge is -2.11. The molecular weight excluding hydrogens is 206 g/mol. The van der Waals surface area contributed by atoms with E-state index >= 15 is 0 Å². The second-order valence-electron chi connectivity index (χ2n) is 4.00. The van der Waals surface area contributed by atoms with Crippen LogP contribution in [0.1, 0.15) is 38.4 Å². The van der Waals surface area contributed by atoms with Gasteiger partial charge < -0.3 is 0 Å². The molecule has 1 nitrogen and oxygen atoms in total. The van der Waals surface area contributed by atoms with Crippen molar-refractivity contribution in [1.29, 1.82) is 0 Å². The quantitative estimate of drug-likeness (QED) is 0.734. The van der Waals surface area contributed by atoms with Crippen LogP contribution in [0.3, 0.4) is 0 Å². The van der Waals surface area contributed by atoms with Crippen molar-refractivity contribution in [2.75, 3.05) is 0 Å². The van der Waals surface area contributed by atoms with E-state index < -0.39 is 0 Å². The Kier molecular flexibility index (Phi) is 5.10. The van der Waals surface area contributed by atoms with E-state index in [9.17, 15) is 0 Å². The predicted octanol–water partition coefficient (Wildman–Crippen LogP) is 4.09. The average Bonchev–Trinajstić information content (AvgIpc) is 2.24. The van der Waals surface area contributed by atoms with Gasteiger partial charge in [-0.3, -0.25) is 4.98 Å². The summed E-state index contributed by atoms with van der Waals surface area (Å²) in [5.74, 6) is 0.569. The van der Waals surface area contributed by atoms with Crippen molar-refractivity contribution in [2.45, 2.75) is 40.0 Å². The molecule has 0 saturated carbocycles. The van der Waals surface area contributed by atoms with Crippen molar-refractivity contribution < 1.29 is 0 Å². The van der Waals surface area contributed by atoms with Crippen LogP contribution in [0.2, 0.25) is 5.02 Å². The first-order chi connectivity index (χ1) is 7.19. The molecule has 0 spiro atoms. The molecule has 1 aromatic rings. The molecule has 0 fully saturated rings. The minimum Gasteiger partial charge on any atom is -0.260 e. The maximum absolute atomic E-state index is 6.31. The molecule has 1 aromatic heterocycles. The van der Waals surface area contributed by atoms with E-state index in [1.807, 2.05) is 12.3 Å². The molecule has 0 bridgehead atoms. The van der Waals surface area contributed by atoms with Crippen LogP contribution in [0.5, 0.6) is 0 Å². The second-order valence-corrected chi connectivity index (χ2v) is 4.37. The highest BCUT2D eigenvalue weighted by Gasteiger charge is 2.09. The number of rotatable bonds is 5. The summed E-state index contributed by atoms with van der Waals surface area (Å²) in [6.45, 7) is 6.44. The van der Waals surface area contributed by atoms with E-state index in [1.54, 1.807) is 0 Å². The molecule has 0 aromatic carbocycles. The van der Waals surface area contributed by atoms with E-state index in [1.165, 1.54) is 5.56 Å². The molecule has 0 amide bonds. The van der Waals surface area contributed by atoms with Gasteiger partial charge in [0.15, 0.2) is 0 Å². The summed E-state index contributed by atoms with van der Waals surface area (Å²) in [7, 11) is 0. The first-order valence-corrected chi connectivity index (χ1v) is 5.98. The van der Waals surface area contributed by atoms with Crippen molar-refractivity contribution >= 4 is 11.6 Å². The Balaban J connectivity index is 2.84. The Morgan fingerprint density at radius 1 is 1.53 bits per heavy atom. The summed E-state index contributed by atoms with van der Waals surface area (Å²) in [5.41, 5.74) is 2.26. The summed E-state index contributed by atoms with van der Waals surface area (Å²) < 4.78 is 0. The zero-order valence-electron chi connectivity index (χ0n) is 9.76. The van der Waals surface area contributed by atoms with E-state index in [2.05, 4.69) is 32.2 Å². The van der Waals surface area contributed by atoms with Crippen LogP contribution in [-0.4, -0.2) is 4.98 Å². The highest BCUT2D eigenvalue weighted by Crippen LogP contribution is 2.23. The zero-order valence-corrected chi connectivity index (χ0v) is 10.5. The third-order valence-electron chi connectivity index (χ3n) is 2.64. The fraction of sp³-hybridized carbons (Fsp3) is 0.538. The molecular formula is C13H19ClN. The number of pyridine rings is 1. The van der Waals surface area contributed by atoms with Crippen molar-refractivity contribution in [3.63, 3.8) is 0 Å². The lowest BCUT2D eigenvalue weighted by atomic mass is 9.98. The second kappa shape index (κ2) is 6.12. The van der Waals surface area contributed by atoms with Gasteiger partial charge in [-0.1, -0.05) is 38.8 Å². The van der Waals surface area contributed by atoms with Gasteiger partial charge in [0.1, 0.15) is 0 Å². The van der Waals surface area contributed by atoms with Crippen molar-refractivity contribution in [2.24, 2.45) is 5.92 Å². The first-order valence-electron chi connectivity index (χ1n) is 5.60. The molecule has 1 rings (SSSR count). The third kappa shape index (κ3) is 3.49. The highest BCUT2D eigenvalue weighted by atomic mass is 35.5. The highest BCUT2D eigenvalue weighted by molar-refractivity contribution is 6.32. The monoisotopic (exact) mass is 224 g/mol. The van der Waals surface area contributed by atoms with Gasteiger partial charge in [0.2, 0.25) is 0 Å². The zero-order chi connectivity index (χ0) is 11.3. The Morgan fingerprint density at radius 2 is 2.27 bits per heavy atom. The SMILES string of the molecule is C[CH]C(C)Cc1ccnc(CCC)c1Cl. The van der Waals surface area contributed by atoms with Crippen LogP contribution in [-0.2, 0) is 12.8 Å². The molecule has 0 aliphatic rings. The van der Waals surface area contributed by atoms with Crippen LogP contribution < -0.4 is 0 Å². The van der Waals surface area contributed by atoms with Crippen LogP contribution in [0.25, 0.3) is 0 Å². The van der Waals surface area contributed by atoms with Crippen molar-refractivity contribution in [3.05, 3.63) is 35.0 Å². The van der Waals surface area contributed by atoms with Gasteiger partial charge in [-0.2, -0.15) is 0 Å². The van der Waals surface area contributed by atoms with Crippen LogP contribution in [0, 0.1) is 12.3 Å². The van der Waals surface area contributed by atoms with E-state index in [0.717, 1.165) is 30.0 Å². The maximum atomic E-state index is 6.31. The standard InChI is InChI=1S/C13H19ClN/c1-4-6-12-13(14)11(7-8-15-12)9-10(3)5-2/h5,7-8,10H,4,6,9H2,1-3H3. The van der Waals surface area contributed by atoms with Gasteiger partial charge in [-0.15, -0.1) is 0 Å². The third-order valence-corrected chi connectivity index (χ3v) is 3.10. The fourth-order valence-corrected chi connectivity index (χ4v) is 1.85. The molecule has 2 heteroatoms. The number of nitrogens with zero attached hydrogens (tertiary/aromatic N) is 1. The van der Waals surface area contributed by atoms with Gasteiger partial charge in [0.25, 0.3) is 0 Å². The van der Waals surface area contributed by atoms with E-state index in [-0.39, 0.29) is 0 Å². The van der Waals surface area contributed by atoms with Gasteiger partial charge in [0.05, 0.1) is 10.7 Å². The fourth-order valence-electron chi connectivity index (χ4n) is 1.57. The summed E-state index contributed by atoms with van der Waals surface area (Å²) in [6, 6.07) is 2.03. The Morgan fingerprint density at radius 3 is 2.87 bits per heavy atom. The number of hydrogen-bond acceptors (Lipinski definition) is 1. The number of halogens is 1. The molecule has 0 aliphatic carbocycles. The predicted molar refractivity (Wildman–Crippen MR) is 66.1 cm³/mol. The topological polar surface area (TPSA) is 12.9 Å². The van der Waals surface area contributed by atoms with Gasteiger partial charge in [-0.05, 0) is 36.8 Å². The molecule has 1 unspecified atom stereocenters. The molecule has 1 heterocycles. The van der Waals surface area contributed by atoms with Crippen LogP contribution in [0.4, 0.5) is 0 Å². The number of hydrogen-bond donors (Lipinski definition) is 0. The van der Waals surface area contributed by atoms with Gasteiger partial charge in [0, 0.05) is 6.20 Å². The molecule has 0 saturated heterocycles. The lowest BCUT2D eigenvalue weighted by molar-refractivity contribution is 0.668. The number of aromatic nitrogens is 1. The maximum Gasteiger partial charge on any atom is 0.0653 e. The summed E-state index contributed by atoms with van der Waals surface area (Å²) in [6.07, 6.45) is 7.14. The smallest absolute Gasteiger partial charge is 0.0653 e. The van der Waals surface area contributed by atoms with Gasteiger partial charge >= 0.3 is 0 Å². The van der Waals surface area contributed by atoms with E-state index in [0.29, 0.717) is 5.92 Å². The van der Waals surface area contributed by atoms with E-state index in [4.69, 9.17) is 11.6 Å². The molecule has 0 aliphatic heterocycles. The normalized spacial score (nSPS) is 12.8. The Hall–Kier alpha value is -0.560. The Labute approximate surface area is 97.9 Å². The van der Waals surface area contributed by atoms with Crippen molar-refractivity contribution in [3.8, 4) is 0 Å². The van der Waals surface area contributed by atoms with Gasteiger partial charge in [-0.25, -0.2) is 0 Å². The lowest BCUT2D eigenvalue weighted by Crippen LogP contribution is -2.02. The molecule has 15 heavy (non-hydrogen) atoms. The molecule has 1 radical (unpaired) electrons. The Bertz CT molecular complexity index is 309. The average molecular weight is 225 g/mol. The van der Waals surface area contributed by atoms with Crippen LogP contribution >= 0.6 is 11.6 Å². The molecule has 0 N–H and O–H groups in total. The molecule has 1 atom stereocenters. The van der Waals surface area contributed by atoms with Crippen LogP contribution in [0.15, 0.2) is 12.3 Å². The van der Waals surface area contributed by atoms with Crippen molar-refractivity contribution in [1.82, 2.24) is 4.98 Å². The minimum atomic E-state index is 0.569. The summed E-state index contributed by atoms with van der Waals surface area (Å²) in [4.78, 5) is 4.32. The largest absolute Gasteiger partial charge is 0.260 e. The summed E-state index contributed by atoms with van der Waals surface area (Å²) >= 11 is 6.31. The first kappa shape index (κ1) is 12.5. The number of aryl methyl sites for hydroxylation is 1.